The average molecular weight is 427 g/mol. The Bertz CT molecular complexity index is 1140. The second kappa shape index (κ2) is 8.83. The molecule has 1 N–H and O–H groups in total. The summed E-state index contributed by atoms with van der Waals surface area (Å²) >= 11 is 0. The van der Waals surface area contributed by atoms with E-state index >= 15 is 0 Å². The van der Waals surface area contributed by atoms with Gasteiger partial charge in [-0.05, 0) is 53.8 Å². The van der Waals surface area contributed by atoms with Gasteiger partial charge < -0.3 is 15.1 Å². The Morgan fingerprint density at radius 2 is 1.84 bits per heavy atom. The zero-order chi connectivity index (χ0) is 21.9. The summed E-state index contributed by atoms with van der Waals surface area (Å²) in [5, 5.41) is 2.96. The Labute approximate surface area is 187 Å². The van der Waals surface area contributed by atoms with Gasteiger partial charge in [0.2, 0.25) is 5.91 Å². The number of amides is 2. The van der Waals surface area contributed by atoms with Gasteiger partial charge in [-0.3, -0.25) is 9.59 Å². The number of benzene rings is 2. The molecule has 3 aromatic rings. The monoisotopic (exact) mass is 426 g/mol. The van der Waals surface area contributed by atoms with Crippen LogP contribution in [-0.2, 0) is 24.3 Å². The predicted octanol–water partition coefficient (Wildman–Crippen LogP) is 3.70. The van der Waals surface area contributed by atoms with E-state index in [-0.39, 0.29) is 11.8 Å². The molecule has 0 spiro atoms. The first kappa shape index (κ1) is 20.2. The minimum atomic E-state index is -0.157. The van der Waals surface area contributed by atoms with E-state index in [9.17, 15) is 9.59 Å². The standard InChI is InChI=1S/C26H26N4O2/c31-25-9-4-13-30(25)23-8-3-7-21(15-23)26(32)28-17-19-10-11-24(27-16-19)29-14-12-20-5-1-2-6-22(20)18-29/h1-3,5-8,10-11,15-16H,4,9,12-14,17-18H2,(H,28,32). The number of rotatable bonds is 5. The number of carbonyl (C=O) groups is 2. The van der Waals surface area contributed by atoms with Gasteiger partial charge in [-0.1, -0.05) is 36.4 Å². The van der Waals surface area contributed by atoms with Crippen LogP contribution in [0.1, 0.15) is 39.9 Å². The van der Waals surface area contributed by atoms with Gasteiger partial charge in [0.05, 0.1) is 0 Å². The van der Waals surface area contributed by atoms with E-state index in [1.807, 2.05) is 30.5 Å². The second-order valence-electron chi connectivity index (χ2n) is 8.35. The third kappa shape index (κ3) is 4.21. The van der Waals surface area contributed by atoms with Crippen molar-refractivity contribution in [3.05, 3.63) is 89.1 Å². The Morgan fingerprint density at radius 1 is 0.969 bits per heavy atom. The lowest BCUT2D eigenvalue weighted by Crippen LogP contribution is -2.31. The molecule has 0 aliphatic carbocycles. The van der Waals surface area contributed by atoms with Crippen molar-refractivity contribution in [3.8, 4) is 0 Å². The van der Waals surface area contributed by atoms with Gasteiger partial charge in [-0.2, -0.15) is 0 Å². The summed E-state index contributed by atoms with van der Waals surface area (Å²) in [5.74, 6) is 0.915. The summed E-state index contributed by atoms with van der Waals surface area (Å²) in [4.78, 5) is 33.3. The number of fused-ring (bicyclic) bond motifs is 1. The van der Waals surface area contributed by atoms with Crippen molar-refractivity contribution in [1.29, 1.82) is 0 Å². The fraction of sp³-hybridized carbons (Fsp3) is 0.269. The maximum absolute atomic E-state index is 12.7. The van der Waals surface area contributed by atoms with Gasteiger partial charge in [0.25, 0.3) is 5.91 Å². The van der Waals surface area contributed by atoms with Crippen molar-refractivity contribution in [2.24, 2.45) is 0 Å². The van der Waals surface area contributed by atoms with Crippen molar-refractivity contribution in [3.63, 3.8) is 0 Å². The summed E-state index contributed by atoms with van der Waals surface area (Å²) in [6.45, 7) is 2.94. The smallest absolute Gasteiger partial charge is 0.251 e. The molecule has 3 heterocycles. The quantitative estimate of drug-likeness (QED) is 0.676. The molecule has 32 heavy (non-hydrogen) atoms. The normalized spacial score (nSPS) is 15.6. The first-order chi connectivity index (χ1) is 15.7. The molecule has 6 heteroatoms. The van der Waals surface area contributed by atoms with E-state index in [4.69, 9.17) is 0 Å². The van der Waals surface area contributed by atoms with Crippen molar-refractivity contribution in [1.82, 2.24) is 10.3 Å². The van der Waals surface area contributed by atoms with Crippen LogP contribution in [0, 0.1) is 0 Å². The highest BCUT2D eigenvalue weighted by Crippen LogP contribution is 2.24. The van der Waals surface area contributed by atoms with Crippen molar-refractivity contribution in [2.45, 2.75) is 32.4 Å². The number of anilines is 2. The molecule has 1 fully saturated rings. The number of nitrogens with one attached hydrogen (secondary N) is 1. The predicted molar refractivity (Wildman–Crippen MR) is 125 cm³/mol. The molecule has 2 aliphatic heterocycles. The molecule has 0 atom stereocenters. The van der Waals surface area contributed by atoms with E-state index in [1.54, 1.807) is 17.0 Å². The third-order valence-corrected chi connectivity index (χ3v) is 6.21. The number of nitrogens with zero attached hydrogens (tertiary/aromatic N) is 3. The van der Waals surface area contributed by atoms with Gasteiger partial charge in [0.15, 0.2) is 0 Å². The van der Waals surface area contributed by atoms with Crippen molar-refractivity contribution in [2.75, 3.05) is 22.9 Å². The lowest BCUT2D eigenvalue weighted by atomic mass is 10.00. The molecular formula is C26H26N4O2. The molecule has 1 saturated heterocycles. The highest BCUT2D eigenvalue weighted by Gasteiger charge is 2.22. The van der Waals surface area contributed by atoms with Crippen LogP contribution in [0.5, 0.6) is 0 Å². The minimum absolute atomic E-state index is 0.117. The van der Waals surface area contributed by atoms with Gasteiger partial charge in [0, 0.05) is 50.0 Å². The van der Waals surface area contributed by atoms with E-state index in [1.165, 1.54) is 11.1 Å². The molecule has 5 rings (SSSR count). The lowest BCUT2D eigenvalue weighted by molar-refractivity contribution is -0.117. The van der Waals surface area contributed by atoms with Crippen LogP contribution < -0.4 is 15.1 Å². The fourth-order valence-corrected chi connectivity index (χ4v) is 4.42. The average Bonchev–Trinajstić information content (AvgIpc) is 3.28. The first-order valence-corrected chi connectivity index (χ1v) is 11.1. The first-order valence-electron chi connectivity index (χ1n) is 11.1. The van der Waals surface area contributed by atoms with E-state index < -0.39 is 0 Å². The Kier molecular flexibility index (Phi) is 5.58. The molecule has 1 aromatic heterocycles. The molecule has 0 unspecified atom stereocenters. The number of aromatic nitrogens is 1. The number of hydrogen-bond acceptors (Lipinski definition) is 4. The molecule has 2 aliphatic rings. The third-order valence-electron chi connectivity index (χ3n) is 6.21. The van der Waals surface area contributed by atoms with Crippen LogP contribution >= 0.6 is 0 Å². The van der Waals surface area contributed by atoms with E-state index in [0.717, 1.165) is 43.0 Å². The van der Waals surface area contributed by atoms with E-state index in [0.29, 0.717) is 25.1 Å². The molecule has 162 valence electrons. The Morgan fingerprint density at radius 3 is 2.62 bits per heavy atom. The van der Waals surface area contributed by atoms with Crippen LogP contribution in [0.4, 0.5) is 11.5 Å². The largest absolute Gasteiger partial charge is 0.352 e. The number of pyridine rings is 1. The van der Waals surface area contributed by atoms with Crippen LogP contribution in [0.3, 0.4) is 0 Å². The summed E-state index contributed by atoms with van der Waals surface area (Å²) in [7, 11) is 0. The van der Waals surface area contributed by atoms with Gasteiger partial charge >= 0.3 is 0 Å². The van der Waals surface area contributed by atoms with Crippen LogP contribution in [0.25, 0.3) is 0 Å². The van der Waals surface area contributed by atoms with Crippen LogP contribution in [0.2, 0.25) is 0 Å². The maximum Gasteiger partial charge on any atom is 0.251 e. The SMILES string of the molecule is O=C(NCc1ccc(N2CCc3ccccc3C2)nc1)c1cccc(N2CCCC2=O)c1. The zero-order valence-corrected chi connectivity index (χ0v) is 18.0. The van der Waals surface area contributed by atoms with Crippen molar-refractivity contribution < 1.29 is 9.59 Å². The molecule has 0 saturated carbocycles. The summed E-state index contributed by atoms with van der Waals surface area (Å²) in [6, 6.07) is 19.9. The zero-order valence-electron chi connectivity index (χ0n) is 18.0. The Balaban J connectivity index is 1.20. The molecule has 6 nitrogen and oxygen atoms in total. The van der Waals surface area contributed by atoms with Gasteiger partial charge in [0.1, 0.15) is 5.82 Å². The van der Waals surface area contributed by atoms with Gasteiger partial charge in [-0.25, -0.2) is 4.98 Å². The second-order valence-corrected chi connectivity index (χ2v) is 8.35. The van der Waals surface area contributed by atoms with E-state index in [2.05, 4.69) is 39.5 Å². The van der Waals surface area contributed by atoms with Crippen molar-refractivity contribution >= 4 is 23.3 Å². The number of hydrogen-bond donors (Lipinski definition) is 1. The summed E-state index contributed by atoms with van der Waals surface area (Å²) in [6.07, 6.45) is 4.29. The van der Waals surface area contributed by atoms with Gasteiger partial charge in [-0.15, -0.1) is 0 Å². The van der Waals surface area contributed by atoms with Crippen LogP contribution in [-0.4, -0.2) is 29.9 Å². The molecule has 2 aromatic carbocycles. The van der Waals surface area contributed by atoms with Crippen LogP contribution in [0.15, 0.2) is 66.9 Å². The fourth-order valence-electron chi connectivity index (χ4n) is 4.42. The highest BCUT2D eigenvalue weighted by molar-refractivity contribution is 5.99. The maximum atomic E-state index is 12.7. The number of carbonyl (C=O) groups excluding carboxylic acids is 2. The molecule has 0 bridgehead atoms. The summed E-state index contributed by atoms with van der Waals surface area (Å²) < 4.78 is 0. The minimum Gasteiger partial charge on any atom is -0.352 e. The molecule has 2 amide bonds. The highest BCUT2D eigenvalue weighted by atomic mass is 16.2. The molecule has 0 radical (unpaired) electrons. The topological polar surface area (TPSA) is 65.5 Å². The lowest BCUT2D eigenvalue weighted by Gasteiger charge is -2.29. The Hall–Kier alpha value is -3.67. The molecular weight excluding hydrogens is 400 g/mol. The summed E-state index contributed by atoms with van der Waals surface area (Å²) in [5.41, 5.74) is 5.06.